The zero-order valence-electron chi connectivity index (χ0n) is 9.76. The van der Waals surface area contributed by atoms with Crippen LogP contribution in [0, 0.1) is 0 Å². The topological polar surface area (TPSA) is 31.2 Å². The SMILES string of the molecule is CCCCOC(=O)c1sccc1-n1cccc1. The summed E-state index contributed by atoms with van der Waals surface area (Å²) in [6.45, 7) is 2.57. The van der Waals surface area contributed by atoms with Gasteiger partial charge in [-0.2, -0.15) is 0 Å². The summed E-state index contributed by atoms with van der Waals surface area (Å²) in [5.41, 5.74) is 0.890. The summed E-state index contributed by atoms with van der Waals surface area (Å²) in [5, 5.41) is 1.91. The molecule has 0 aliphatic rings. The maximum Gasteiger partial charge on any atom is 0.350 e. The molecule has 0 aliphatic heterocycles. The van der Waals surface area contributed by atoms with Gasteiger partial charge in [0.25, 0.3) is 0 Å². The molecule has 2 aromatic rings. The second-order valence-corrected chi connectivity index (χ2v) is 4.63. The van der Waals surface area contributed by atoms with Crippen LogP contribution in [-0.2, 0) is 4.74 Å². The van der Waals surface area contributed by atoms with E-state index in [1.807, 2.05) is 40.5 Å². The summed E-state index contributed by atoms with van der Waals surface area (Å²) >= 11 is 1.42. The number of hydrogen-bond acceptors (Lipinski definition) is 3. The van der Waals surface area contributed by atoms with E-state index in [0.29, 0.717) is 11.5 Å². The number of aromatic nitrogens is 1. The smallest absolute Gasteiger partial charge is 0.350 e. The minimum Gasteiger partial charge on any atom is -0.461 e. The molecule has 90 valence electrons. The molecule has 0 spiro atoms. The third-order valence-corrected chi connectivity index (χ3v) is 3.33. The first-order valence-corrected chi connectivity index (χ1v) is 6.59. The number of carbonyl (C=O) groups is 1. The van der Waals surface area contributed by atoms with Crippen LogP contribution in [0.2, 0.25) is 0 Å². The number of unbranched alkanes of at least 4 members (excludes halogenated alkanes) is 1. The highest BCUT2D eigenvalue weighted by Crippen LogP contribution is 2.22. The average Bonchev–Trinajstić information content (AvgIpc) is 2.99. The van der Waals surface area contributed by atoms with Crippen molar-refractivity contribution in [2.24, 2.45) is 0 Å². The van der Waals surface area contributed by atoms with Crippen molar-refractivity contribution in [2.75, 3.05) is 6.61 Å². The van der Waals surface area contributed by atoms with Crippen LogP contribution < -0.4 is 0 Å². The lowest BCUT2D eigenvalue weighted by Gasteiger charge is -2.05. The molecule has 17 heavy (non-hydrogen) atoms. The van der Waals surface area contributed by atoms with Gasteiger partial charge in [-0.15, -0.1) is 11.3 Å². The molecule has 0 radical (unpaired) electrons. The van der Waals surface area contributed by atoms with Gasteiger partial charge >= 0.3 is 5.97 Å². The molecule has 0 aromatic carbocycles. The first-order valence-electron chi connectivity index (χ1n) is 5.71. The van der Waals surface area contributed by atoms with E-state index in [1.165, 1.54) is 11.3 Å². The molecule has 0 fully saturated rings. The number of rotatable bonds is 5. The maximum atomic E-state index is 11.9. The fourth-order valence-corrected chi connectivity index (χ4v) is 2.31. The summed E-state index contributed by atoms with van der Waals surface area (Å²) < 4.78 is 7.15. The zero-order valence-corrected chi connectivity index (χ0v) is 10.6. The molecule has 0 aliphatic carbocycles. The molecular weight excluding hydrogens is 234 g/mol. The highest BCUT2D eigenvalue weighted by Gasteiger charge is 2.15. The first-order chi connectivity index (χ1) is 8.33. The molecule has 2 aromatic heterocycles. The molecule has 0 saturated carbocycles. The fourth-order valence-electron chi connectivity index (χ4n) is 1.53. The van der Waals surface area contributed by atoms with Gasteiger partial charge in [0, 0.05) is 12.4 Å². The van der Waals surface area contributed by atoms with Crippen molar-refractivity contribution in [1.82, 2.24) is 4.57 Å². The summed E-state index contributed by atoms with van der Waals surface area (Å²) in [4.78, 5) is 12.5. The molecule has 0 unspecified atom stereocenters. The summed E-state index contributed by atoms with van der Waals surface area (Å²) in [7, 11) is 0. The minimum atomic E-state index is -0.225. The van der Waals surface area contributed by atoms with Crippen LogP contribution >= 0.6 is 11.3 Å². The standard InChI is InChI=1S/C13H15NO2S/c1-2-3-9-16-13(15)12-11(6-10-17-12)14-7-4-5-8-14/h4-8,10H,2-3,9H2,1H3. The Hall–Kier alpha value is -1.55. The Morgan fingerprint density at radius 1 is 1.41 bits per heavy atom. The zero-order chi connectivity index (χ0) is 12.1. The van der Waals surface area contributed by atoms with E-state index in [4.69, 9.17) is 4.74 Å². The molecule has 0 atom stereocenters. The number of ether oxygens (including phenoxy) is 1. The maximum absolute atomic E-state index is 11.9. The number of carbonyl (C=O) groups excluding carboxylic acids is 1. The van der Waals surface area contributed by atoms with Crippen LogP contribution in [0.1, 0.15) is 29.4 Å². The lowest BCUT2D eigenvalue weighted by molar-refractivity contribution is 0.0505. The van der Waals surface area contributed by atoms with Crippen LogP contribution in [0.5, 0.6) is 0 Å². The highest BCUT2D eigenvalue weighted by atomic mass is 32.1. The van der Waals surface area contributed by atoms with Crippen LogP contribution in [0.25, 0.3) is 5.69 Å². The molecule has 2 rings (SSSR count). The molecule has 0 saturated heterocycles. The monoisotopic (exact) mass is 249 g/mol. The van der Waals surface area contributed by atoms with Gasteiger partial charge in [-0.25, -0.2) is 4.79 Å². The molecule has 0 bridgehead atoms. The quantitative estimate of drug-likeness (QED) is 0.600. The Morgan fingerprint density at radius 3 is 2.88 bits per heavy atom. The van der Waals surface area contributed by atoms with Crippen molar-refractivity contribution in [3.8, 4) is 5.69 Å². The third-order valence-electron chi connectivity index (χ3n) is 2.44. The summed E-state index contributed by atoms with van der Waals surface area (Å²) in [5.74, 6) is -0.225. The first kappa shape index (κ1) is 11.9. The van der Waals surface area contributed by atoms with Crippen LogP contribution in [0.15, 0.2) is 36.0 Å². The molecule has 3 nitrogen and oxygen atoms in total. The van der Waals surface area contributed by atoms with Crippen molar-refractivity contribution in [3.63, 3.8) is 0 Å². The van der Waals surface area contributed by atoms with Crippen LogP contribution in [0.4, 0.5) is 0 Å². The molecule has 0 amide bonds. The molecule has 4 heteroatoms. The van der Waals surface area contributed by atoms with Gasteiger partial charge in [0.05, 0.1) is 12.3 Å². The summed E-state index contributed by atoms with van der Waals surface area (Å²) in [6.07, 6.45) is 5.79. The van der Waals surface area contributed by atoms with Gasteiger partial charge in [0.15, 0.2) is 0 Å². The number of thiophene rings is 1. The van der Waals surface area contributed by atoms with Crippen LogP contribution in [-0.4, -0.2) is 17.1 Å². The van der Waals surface area contributed by atoms with E-state index in [9.17, 15) is 4.79 Å². The van der Waals surface area contributed by atoms with E-state index in [2.05, 4.69) is 6.92 Å². The van der Waals surface area contributed by atoms with E-state index in [0.717, 1.165) is 18.5 Å². The second-order valence-electron chi connectivity index (χ2n) is 3.71. The van der Waals surface area contributed by atoms with E-state index in [1.54, 1.807) is 0 Å². The van der Waals surface area contributed by atoms with Gasteiger partial charge in [0.2, 0.25) is 0 Å². The number of hydrogen-bond donors (Lipinski definition) is 0. The predicted molar refractivity (Wildman–Crippen MR) is 68.8 cm³/mol. The van der Waals surface area contributed by atoms with Crippen molar-refractivity contribution in [2.45, 2.75) is 19.8 Å². The Kier molecular flexibility index (Phi) is 3.98. The van der Waals surface area contributed by atoms with Crippen molar-refractivity contribution in [3.05, 3.63) is 40.8 Å². The van der Waals surface area contributed by atoms with Gasteiger partial charge < -0.3 is 9.30 Å². The van der Waals surface area contributed by atoms with Crippen molar-refractivity contribution < 1.29 is 9.53 Å². The summed E-state index contributed by atoms with van der Waals surface area (Å²) in [6, 6.07) is 5.80. The van der Waals surface area contributed by atoms with Gasteiger partial charge in [-0.1, -0.05) is 13.3 Å². The van der Waals surface area contributed by atoms with E-state index in [-0.39, 0.29) is 5.97 Å². The highest BCUT2D eigenvalue weighted by molar-refractivity contribution is 7.12. The van der Waals surface area contributed by atoms with Gasteiger partial charge in [-0.3, -0.25) is 0 Å². The third kappa shape index (κ3) is 2.77. The molecule has 0 N–H and O–H groups in total. The number of esters is 1. The number of nitrogens with zero attached hydrogens (tertiary/aromatic N) is 1. The second kappa shape index (κ2) is 5.68. The van der Waals surface area contributed by atoms with Crippen molar-refractivity contribution >= 4 is 17.3 Å². The van der Waals surface area contributed by atoms with Crippen molar-refractivity contribution in [1.29, 1.82) is 0 Å². The average molecular weight is 249 g/mol. The lowest BCUT2D eigenvalue weighted by Crippen LogP contribution is -2.07. The predicted octanol–water partition coefficient (Wildman–Crippen LogP) is 3.50. The fraction of sp³-hybridized carbons (Fsp3) is 0.308. The Balaban J connectivity index is 2.11. The Morgan fingerprint density at radius 2 is 2.18 bits per heavy atom. The van der Waals surface area contributed by atoms with E-state index >= 15 is 0 Å². The normalized spacial score (nSPS) is 10.4. The molecule has 2 heterocycles. The molecular formula is C13H15NO2S. The van der Waals surface area contributed by atoms with Gasteiger partial charge in [-0.05, 0) is 30.0 Å². The Bertz CT molecular complexity index is 473. The van der Waals surface area contributed by atoms with Gasteiger partial charge in [0.1, 0.15) is 4.88 Å². The minimum absolute atomic E-state index is 0.225. The van der Waals surface area contributed by atoms with Crippen LogP contribution in [0.3, 0.4) is 0 Å². The van der Waals surface area contributed by atoms with E-state index < -0.39 is 0 Å². The Labute approximate surface area is 105 Å². The lowest BCUT2D eigenvalue weighted by atomic mass is 10.3. The largest absolute Gasteiger partial charge is 0.461 e.